The second-order valence-corrected chi connectivity index (χ2v) is 10.2. The number of amides is 3. The minimum Gasteiger partial charge on any atom is -0.378 e. The van der Waals surface area contributed by atoms with Crippen molar-refractivity contribution >= 4 is 29.1 Å². The number of aliphatic imine (C=N–C) groups is 1. The monoisotopic (exact) mass is 542 g/mol. The van der Waals surface area contributed by atoms with Gasteiger partial charge in [0, 0.05) is 62.4 Å². The lowest BCUT2D eigenvalue weighted by atomic mass is 10.1. The van der Waals surface area contributed by atoms with E-state index in [1.165, 1.54) is 0 Å². The summed E-state index contributed by atoms with van der Waals surface area (Å²) in [6.45, 7) is 6.21. The van der Waals surface area contributed by atoms with Crippen molar-refractivity contribution in [1.82, 2.24) is 19.4 Å². The number of ether oxygens (including phenoxy) is 1. The van der Waals surface area contributed by atoms with Crippen molar-refractivity contribution < 1.29 is 14.3 Å². The zero-order valence-corrected chi connectivity index (χ0v) is 22.5. The van der Waals surface area contributed by atoms with Crippen molar-refractivity contribution in [2.75, 3.05) is 75.6 Å². The molecule has 0 radical (unpaired) electrons. The number of urea groups is 1. The smallest absolute Gasteiger partial charge is 0.323 e. The Kier molecular flexibility index (Phi) is 7.39. The molecule has 1 aromatic heterocycles. The van der Waals surface area contributed by atoms with Gasteiger partial charge in [0.25, 0.3) is 5.91 Å². The van der Waals surface area contributed by atoms with E-state index >= 15 is 0 Å². The molecular formula is C29H34N8O3. The molecular weight excluding hydrogens is 508 g/mol. The molecule has 0 aliphatic carbocycles. The third-order valence-electron chi connectivity index (χ3n) is 7.47. The van der Waals surface area contributed by atoms with Crippen LogP contribution in [-0.4, -0.2) is 96.7 Å². The van der Waals surface area contributed by atoms with Crippen LogP contribution in [0.4, 0.5) is 16.2 Å². The molecule has 3 aliphatic rings. The van der Waals surface area contributed by atoms with Gasteiger partial charge in [0.15, 0.2) is 12.0 Å². The Morgan fingerprint density at radius 1 is 0.875 bits per heavy atom. The molecule has 11 heteroatoms. The van der Waals surface area contributed by atoms with Crippen LogP contribution in [0.25, 0.3) is 0 Å². The molecule has 0 bridgehead atoms. The molecule has 0 spiro atoms. The predicted molar refractivity (Wildman–Crippen MR) is 154 cm³/mol. The minimum absolute atomic E-state index is 0.0195. The third kappa shape index (κ3) is 5.65. The van der Waals surface area contributed by atoms with Crippen LogP contribution in [0.1, 0.15) is 27.8 Å². The van der Waals surface area contributed by atoms with Crippen LogP contribution in [0.15, 0.2) is 71.9 Å². The zero-order chi connectivity index (χ0) is 27.5. The topological polar surface area (TPSA) is 106 Å². The number of carbonyl (C=O) groups excluding carboxylic acids is 2. The summed E-state index contributed by atoms with van der Waals surface area (Å²) in [5.41, 5.74) is 7.35. The van der Waals surface area contributed by atoms with Crippen LogP contribution in [0, 0.1) is 0 Å². The molecule has 2 aromatic carbocycles. The van der Waals surface area contributed by atoms with Gasteiger partial charge in [-0.2, -0.15) is 0 Å². The number of hydrogen-bond donors (Lipinski definition) is 3. The summed E-state index contributed by atoms with van der Waals surface area (Å²) in [6.07, 6.45) is 1.74. The Balaban J connectivity index is 1.06. The lowest BCUT2D eigenvalue weighted by Gasteiger charge is -2.34. The van der Waals surface area contributed by atoms with Crippen molar-refractivity contribution in [1.29, 1.82) is 0 Å². The predicted octanol–water partition coefficient (Wildman–Crippen LogP) is 2.85. The summed E-state index contributed by atoms with van der Waals surface area (Å²) in [7, 11) is 2.06. The van der Waals surface area contributed by atoms with Crippen molar-refractivity contribution in [2.45, 2.75) is 6.17 Å². The number of fused-ring (bicyclic) bond motifs is 1. The molecule has 1 unspecified atom stereocenters. The lowest BCUT2D eigenvalue weighted by molar-refractivity contribution is 0.0664. The van der Waals surface area contributed by atoms with Gasteiger partial charge in [0.05, 0.1) is 13.2 Å². The number of nitrogens with zero attached hydrogens (tertiary/aromatic N) is 5. The first kappa shape index (κ1) is 25.9. The first-order valence-corrected chi connectivity index (χ1v) is 13.6. The molecule has 1 atom stereocenters. The molecule has 11 nitrogen and oxygen atoms in total. The number of amidine groups is 1. The molecule has 2 saturated heterocycles. The Hall–Kier alpha value is -4.35. The zero-order valence-electron chi connectivity index (χ0n) is 22.5. The number of likely N-dealkylation sites (N-methyl/N-ethyl adjacent to an activating group) is 1. The summed E-state index contributed by atoms with van der Waals surface area (Å²) in [4.78, 5) is 36.7. The van der Waals surface area contributed by atoms with E-state index in [9.17, 15) is 9.59 Å². The maximum absolute atomic E-state index is 12.8. The molecule has 4 heterocycles. The van der Waals surface area contributed by atoms with Crippen LogP contribution in [0.2, 0.25) is 0 Å². The van der Waals surface area contributed by atoms with Gasteiger partial charge in [-0.05, 0) is 61.1 Å². The van der Waals surface area contributed by atoms with Gasteiger partial charge in [-0.1, -0.05) is 12.1 Å². The van der Waals surface area contributed by atoms with Gasteiger partial charge in [0.2, 0.25) is 0 Å². The van der Waals surface area contributed by atoms with E-state index in [1.807, 2.05) is 46.1 Å². The summed E-state index contributed by atoms with van der Waals surface area (Å²) >= 11 is 0. The summed E-state index contributed by atoms with van der Waals surface area (Å²) < 4.78 is 7.52. The minimum atomic E-state index is -0.355. The van der Waals surface area contributed by atoms with Crippen LogP contribution in [0.3, 0.4) is 0 Å². The average Bonchev–Trinajstić information content (AvgIpc) is 3.47. The highest BCUT2D eigenvalue weighted by Gasteiger charge is 2.26. The first-order valence-electron chi connectivity index (χ1n) is 13.6. The summed E-state index contributed by atoms with van der Waals surface area (Å²) in [5.74, 6) is 0.973. The van der Waals surface area contributed by atoms with Crippen molar-refractivity contribution in [2.24, 2.45) is 4.99 Å². The quantitative estimate of drug-likeness (QED) is 0.468. The van der Waals surface area contributed by atoms with Gasteiger partial charge in [-0.3, -0.25) is 14.9 Å². The molecule has 6 rings (SSSR count). The summed E-state index contributed by atoms with van der Waals surface area (Å²) in [6, 6.07) is 18.4. The van der Waals surface area contributed by atoms with Crippen LogP contribution < -0.4 is 16.1 Å². The maximum atomic E-state index is 12.8. The largest absolute Gasteiger partial charge is 0.378 e. The standard InChI is InChI=1S/C29H34N8O3/c1-34-13-15-36(16-14-34)28(38)22-6-10-24(11-7-22)31-29(39)30-23-8-4-21(5-9-23)26-32-27(35-17-19-40-20-18-35)25-3-2-12-37(25)33-26/h2-12,26,33H,13-20H2,1H3,(H2,30,31,39). The fourth-order valence-electron chi connectivity index (χ4n) is 5.12. The second kappa shape index (κ2) is 11.4. The lowest BCUT2D eigenvalue weighted by Crippen LogP contribution is -2.47. The fraction of sp³-hybridized carbons (Fsp3) is 0.345. The first-order chi connectivity index (χ1) is 19.5. The number of rotatable bonds is 4. The van der Waals surface area contributed by atoms with E-state index in [0.717, 1.165) is 56.4 Å². The van der Waals surface area contributed by atoms with Gasteiger partial charge >= 0.3 is 6.03 Å². The molecule has 208 valence electrons. The van der Waals surface area contributed by atoms with E-state index in [2.05, 4.69) is 39.0 Å². The molecule has 2 fully saturated rings. The van der Waals surface area contributed by atoms with Gasteiger partial charge < -0.3 is 30.1 Å². The summed E-state index contributed by atoms with van der Waals surface area (Å²) in [5, 5.41) is 5.71. The number of piperazine rings is 1. The Bertz CT molecular complexity index is 1370. The normalized spacial score (nSPS) is 19.3. The van der Waals surface area contributed by atoms with E-state index in [-0.39, 0.29) is 18.1 Å². The molecule has 3 amide bonds. The van der Waals surface area contributed by atoms with E-state index in [4.69, 9.17) is 9.73 Å². The van der Waals surface area contributed by atoms with Gasteiger partial charge in [-0.25, -0.2) is 9.79 Å². The van der Waals surface area contributed by atoms with Crippen LogP contribution in [0.5, 0.6) is 0 Å². The molecule has 40 heavy (non-hydrogen) atoms. The number of aromatic nitrogens is 1. The highest BCUT2D eigenvalue weighted by atomic mass is 16.5. The Morgan fingerprint density at radius 2 is 1.52 bits per heavy atom. The molecule has 3 aliphatic heterocycles. The van der Waals surface area contributed by atoms with Gasteiger partial charge in [-0.15, -0.1) is 0 Å². The number of hydrogen-bond acceptors (Lipinski definition) is 7. The van der Waals surface area contributed by atoms with E-state index in [1.54, 1.807) is 24.3 Å². The molecule has 3 aromatic rings. The highest BCUT2D eigenvalue weighted by Crippen LogP contribution is 2.25. The van der Waals surface area contributed by atoms with Crippen LogP contribution >= 0.6 is 0 Å². The number of carbonyl (C=O) groups is 2. The maximum Gasteiger partial charge on any atom is 0.323 e. The average molecular weight is 543 g/mol. The molecule has 0 saturated carbocycles. The number of morpholine rings is 1. The third-order valence-corrected chi connectivity index (χ3v) is 7.47. The van der Waals surface area contributed by atoms with E-state index in [0.29, 0.717) is 30.2 Å². The fourth-order valence-corrected chi connectivity index (χ4v) is 5.12. The SMILES string of the molecule is CN1CCN(C(=O)c2ccc(NC(=O)Nc3ccc(C4N=C(N5CCOCC5)c5cccn5N4)cc3)cc2)CC1. The second-order valence-electron chi connectivity index (χ2n) is 10.2. The highest BCUT2D eigenvalue weighted by molar-refractivity contribution is 6.01. The van der Waals surface area contributed by atoms with Crippen molar-refractivity contribution in [3.8, 4) is 0 Å². The number of anilines is 2. The molecule has 3 N–H and O–H groups in total. The van der Waals surface area contributed by atoms with Gasteiger partial charge in [0.1, 0.15) is 5.69 Å². The van der Waals surface area contributed by atoms with Crippen molar-refractivity contribution in [3.05, 3.63) is 83.7 Å². The van der Waals surface area contributed by atoms with Crippen LogP contribution in [-0.2, 0) is 4.74 Å². The Labute approximate surface area is 233 Å². The Morgan fingerprint density at radius 3 is 2.20 bits per heavy atom. The number of nitrogens with one attached hydrogen (secondary N) is 3. The van der Waals surface area contributed by atoms with Crippen molar-refractivity contribution in [3.63, 3.8) is 0 Å². The number of benzene rings is 2. The van der Waals surface area contributed by atoms with E-state index < -0.39 is 0 Å².